The van der Waals surface area contributed by atoms with Crippen LogP contribution < -0.4 is 4.74 Å². The van der Waals surface area contributed by atoms with Crippen LogP contribution >= 0.6 is 0 Å². The van der Waals surface area contributed by atoms with E-state index in [1.54, 1.807) is 24.3 Å². The summed E-state index contributed by atoms with van der Waals surface area (Å²) in [6.07, 6.45) is -5.79. The van der Waals surface area contributed by atoms with Crippen molar-refractivity contribution >= 4 is 17.9 Å². The summed E-state index contributed by atoms with van der Waals surface area (Å²) in [6, 6.07) is 11.2. The molecule has 5 atom stereocenters. The summed E-state index contributed by atoms with van der Waals surface area (Å²) >= 11 is 0. The summed E-state index contributed by atoms with van der Waals surface area (Å²) in [5.41, 5.74) is 1.08. The van der Waals surface area contributed by atoms with E-state index in [9.17, 15) is 28.3 Å². The van der Waals surface area contributed by atoms with Gasteiger partial charge in [0.1, 0.15) is 36.5 Å². The number of benzene rings is 2. The smallest absolute Gasteiger partial charge is 0.303 e. The molecule has 2 aromatic rings. The van der Waals surface area contributed by atoms with Gasteiger partial charge in [-0.25, -0.2) is 13.2 Å². The maximum absolute atomic E-state index is 15.1. The van der Waals surface area contributed by atoms with Crippen LogP contribution in [0.5, 0.6) is 5.75 Å². The lowest BCUT2D eigenvalue weighted by atomic mass is 9.75. The van der Waals surface area contributed by atoms with Crippen LogP contribution in [0.15, 0.2) is 42.5 Å². The van der Waals surface area contributed by atoms with Gasteiger partial charge in [0.15, 0.2) is 12.2 Å². The minimum atomic E-state index is -2.62. The number of aliphatic hydroxyl groups excluding tert-OH is 1. The quantitative estimate of drug-likeness (QED) is 0.276. The average Bonchev–Trinajstić information content (AvgIpc) is 2.97. The third kappa shape index (κ3) is 9.20. The number of hydrogen-bond donors (Lipinski definition) is 1. The molecule has 0 aromatic heterocycles. The van der Waals surface area contributed by atoms with Crippen LogP contribution in [0, 0.1) is 11.2 Å². The summed E-state index contributed by atoms with van der Waals surface area (Å²) in [5.74, 6) is -4.65. The van der Waals surface area contributed by atoms with Gasteiger partial charge in [0, 0.05) is 45.4 Å². The van der Waals surface area contributed by atoms with E-state index in [2.05, 4.69) is 0 Å². The number of esters is 3. The molecule has 0 radical (unpaired) electrons. The van der Waals surface area contributed by atoms with Crippen molar-refractivity contribution in [2.75, 3.05) is 13.2 Å². The average molecular weight is 637 g/mol. The Bertz CT molecular complexity index is 1350. The molecule has 4 rings (SSSR count). The van der Waals surface area contributed by atoms with Gasteiger partial charge < -0.3 is 28.8 Å². The second-order valence-corrected chi connectivity index (χ2v) is 12.2. The first-order valence-corrected chi connectivity index (χ1v) is 14.8. The highest BCUT2D eigenvalue weighted by Crippen LogP contribution is 2.43. The molecule has 0 amide bonds. The molecular weight excluding hydrogens is 597 g/mol. The highest BCUT2D eigenvalue weighted by atomic mass is 19.3. The number of carbonyl (C=O) groups excluding carboxylic acids is 3. The normalized spacial score (nSPS) is 25.6. The maximum atomic E-state index is 15.1. The molecule has 1 heterocycles. The van der Waals surface area contributed by atoms with E-state index in [0.717, 1.165) is 19.4 Å². The molecule has 246 valence electrons. The minimum absolute atomic E-state index is 0.151. The SMILES string of the molecule is CC(=O)OCC1OC(c2ccc(F)c(Cc3ccc(OCC4(C)CCC(F)(F)CC4)cc3)c2)C(OC(C)=O)C(OC(C)=O)C1O. The molecule has 1 aliphatic carbocycles. The molecule has 2 aromatic carbocycles. The van der Waals surface area contributed by atoms with Crippen molar-refractivity contribution < 1.29 is 56.3 Å². The minimum Gasteiger partial charge on any atom is -0.493 e. The summed E-state index contributed by atoms with van der Waals surface area (Å²) in [4.78, 5) is 35.4. The highest BCUT2D eigenvalue weighted by Gasteiger charge is 2.50. The van der Waals surface area contributed by atoms with Gasteiger partial charge in [-0.05, 0) is 53.8 Å². The van der Waals surface area contributed by atoms with E-state index in [0.29, 0.717) is 30.8 Å². The Balaban J connectivity index is 1.52. The molecule has 12 heteroatoms. The second-order valence-electron chi connectivity index (χ2n) is 12.2. The first-order valence-electron chi connectivity index (χ1n) is 14.8. The molecule has 2 aliphatic rings. The van der Waals surface area contributed by atoms with Crippen LogP contribution in [0.25, 0.3) is 0 Å². The van der Waals surface area contributed by atoms with E-state index in [4.69, 9.17) is 23.7 Å². The van der Waals surface area contributed by atoms with Gasteiger partial charge in [0.2, 0.25) is 5.92 Å². The lowest BCUT2D eigenvalue weighted by molar-refractivity contribution is -0.249. The number of aliphatic hydroxyl groups is 1. The Labute approximate surface area is 259 Å². The van der Waals surface area contributed by atoms with Gasteiger partial charge >= 0.3 is 17.9 Å². The van der Waals surface area contributed by atoms with Crippen molar-refractivity contribution in [2.45, 2.75) is 96.2 Å². The van der Waals surface area contributed by atoms with Crippen LogP contribution in [-0.4, -0.2) is 66.6 Å². The van der Waals surface area contributed by atoms with E-state index in [-0.39, 0.29) is 36.8 Å². The first kappa shape index (κ1) is 34.2. The van der Waals surface area contributed by atoms with Crippen molar-refractivity contribution in [3.05, 3.63) is 65.0 Å². The summed E-state index contributed by atoms with van der Waals surface area (Å²) in [6.45, 7) is 5.35. The first-order chi connectivity index (χ1) is 21.1. The molecule has 0 spiro atoms. The fourth-order valence-corrected chi connectivity index (χ4v) is 5.63. The Morgan fingerprint density at radius 2 is 1.53 bits per heavy atom. The van der Waals surface area contributed by atoms with Crippen molar-refractivity contribution in [3.63, 3.8) is 0 Å². The Hall–Kier alpha value is -3.64. The van der Waals surface area contributed by atoms with Gasteiger partial charge in [-0.2, -0.15) is 0 Å². The largest absolute Gasteiger partial charge is 0.493 e. The fraction of sp³-hybridized carbons (Fsp3) is 0.545. The van der Waals surface area contributed by atoms with Crippen molar-refractivity contribution in [3.8, 4) is 5.75 Å². The number of ether oxygens (including phenoxy) is 5. The van der Waals surface area contributed by atoms with Crippen LogP contribution in [0.3, 0.4) is 0 Å². The standard InChI is InChI=1S/C33H39F3O9/c1-19(37)41-17-27-28(40)30(43-20(2)38)31(44-21(3)39)29(45-27)23-7-10-26(34)24(16-23)15-22-5-8-25(9-6-22)42-18-32(4)11-13-33(35,36)14-12-32/h5-10,16,27-31,40H,11-15,17-18H2,1-4H3. The molecule has 2 fully saturated rings. The molecule has 1 N–H and O–H groups in total. The number of carbonyl (C=O) groups is 3. The Kier molecular flexibility index (Phi) is 10.8. The molecule has 45 heavy (non-hydrogen) atoms. The molecule has 1 aliphatic heterocycles. The number of halogens is 3. The van der Waals surface area contributed by atoms with Crippen molar-refractivity contribution in [1.29, 1.82) is 0 Å². The van der Waals surface area contributed by atoms with E-state index in [1.165, 1.54) is 25.1 Å². The zero-order valence-corrected chi connectivity index (χ0v) is 25.7. The number of alkyl halides is 2. The zero-order chi connectivity index (χ0) is 32.9. The van der Waals surface area contributed by atoms with Gasteiger partial charge in [-0.1, -0.05) is 25.1 Å². The monoisotopic (exact) mass is 636 g/mol. The molecule has 9 nitrogen and oxygen atoms in total. The number of rotatable bonds is 10. The van der Waals surface area contributed by atoms with Crippen LogP contribution in [0.4, 0.5) is 13.2 Å². The summed E-state index contributed by atoms with van der Waals surface area (Å²) in [5, 5.41) is 10.9. The lowest BCUT2D eigenvalue weighted by Crippen LogP contribution is -2.58. The van der Waals surface area contributed by atoms with Crippen LogP contribution in [0.2, 0.25) is 0 Å². The highest BCUT2D eigenvalue weighted by molar-refractivity contribution is 5.68. The third-order valence-corrected chi connectivity index (χ3v) is 8.21. The van der Waals surface area contributed by atoms with Gasteiger partial charge in [-0.3, -0.25) is 14.4 Å². The molecule has 1 saturated heterocycles. The molecule has 0 bridgehead atoms. The fourth-order valence-electron chi connectivity index (χ4n) is 5.63. The van der Waals surface area contributed by atoms with Crippen molar-refractivity contribution in [1.82, 2.24) is 0 Å². The molecule has 5 unspecified atom stereocenters. The third-order valence-electron chi connectivity index (χ3n) is 8.21. The van der Waals surface area contributed by atoms with E-state index in [1.807, 2.05) is 6.92 Å². The maximum Gasteiger partial charge on any atom is 0.303 e. The second kappa shape index (κ2) is 14.2. The van der Waals surface area contributed by atoms with Crippen molar-refractivity contribution in [2.24, 2.45) is 5.41 Å². The Morgan fingerprint density at radius 3 is 2.13 bits per heavy atom. The molecular formula is C33H39F3O9. The predicted octanol–water partition coefficient (Wildman–Crippen LogP) is 5.24. The van der Waals surface area contributed by atoms with Crippen LogP contribution in [-0.2, 0) is 39.8 Å². The topological polar surface area (TPSA) is 118 Å². The lowest BCUT2D eigenvalue weighted by Gasteiger charge is -2.43. The number of hydrogen-bond acceptors (Lipinski definition) is 9. The zero-order valence-electron chi connectivity index (χ0n) is 25.7. The summed E-state index contributed by atoms with van der Waals surface area (Å²) < 4.78 is 70.0. The van der Waals surface area contributed by atoms with Gasteiger partial charge in [0.05, 0.1) is 6.61 Å². The Morgan fingerprint density at radius 1 is 0.911 bits per heavy atom. The molecule has 1 saturated carbocycles. The van der Waals surface area contributed by atoms with Gasteiger partial charge in [-0.15, -0.1) is 0 Å². The summed E-state index contributed by atoms with van der Waals surface area (Å²) in [7, 11) is 0. The van der Waals surface area contributed by atoms with Gasteiger partial charge in [0.25, 0.3) is 0 Å². The van der Waals surface area contributed by atoms with E-state index >= 15 is 4.39 Å². The predicted molar refractivity (Wildman–Crippen MR) is 154 cm³/mol. The van der Waals surface area contributed by atoms with E-state index < -0.39 is 60.2 Å². The van der Waals surface area contributed by atoms with Crippen LogP contribution in [0.1, 0.15) is 76.2 Å².